The number of benzene rings is 1. The summed E-state index contributed by atoms with van der Waals surface area (Å²) in [4.78, 5) is 4.16. The number of rotatable bonds is 4. The van der Waals surface area contributed by atoms with E-state index < -0.39 is 0 Å². The van der Waals surface area contributed by atoms with E-state index in [1.165, 1.54) is 0 Å². The second kappa shape index (κ2) is 6.24. The van der Waals surface area contributed by atoms with Crippen molar-refractivity contribution in [2.45, 2.75) is 12.7 Å². The highest BCUT2D eigenvalue weighted by Crippen LogP contribution is 2.36. The van der Waals surface area contributed by atoms with Gasteiger partial charge in [-0.15, -0.1) is 0 Å². The van der Waals surface area contributed by atoms with Crippen LogP contribution >= 0.6 is 15.9 Å². The number of fused-ring (bicyclic) bond motifs is 1. The monoisotopic (exact) mass is 335 g/mol. The molecule has 3 rings (SSSR count). The minimum absolute atomic E-state index is 0.131. The average Bonchev–Trinajstić information content (AvgIpc) is 2.48. The van der Waals surface area contributed by atoms with Crippen molar-refractivity contribution in [1.82, 2.24) is 4.98 Å². The molecule has 0 spiro atoms. The molecule has 2 heterocycles. The number of pyridine rings is 1. The Hall–Kier alpha value is -1.59. The van der Waals surface area contributed by atoms with Crippen LogP contribution in [0, 0.1) is 0 Å². The first kappa shape index (κ1) is 13.4. The van der Waals surface area contributed by atoms with Gasteiger partial charge in [-0.2, -0.15) is 0 Å². The van der Waals surface area contributed by atoms with E-state index >= 15 is 0 Å². The van der Waals surface area contributed by atoms with Crippen LogP contribution in [0.3, 0.4) is 0 Å². The Morgan fingerprint density at radius 1 is 1.25 bits per heavy atom. The van der Waals surface area contributed by atoms with Crippen LogP contribution in [-0.4, -0.2) is 24.3 Å². The number of halogens is 1. The lowest BCUT2D eigenvalue weighted by molar-refractivity contribution is -0.000548. The zero-order valence-electron chi connectivity index (χ0n) is 10.8. The smallest absolute Gasteiger partial charge is 0.258 e. The molecule has 1 aliphatic heterocycles. The Kier molecular flexibility index (Phi) is 4.18. The third kappa shape index (κ3) is 3.11. The zero-order chi connectivity index (χ0) is 13.8. The molecule has 0 radical (unpaired) electrons. The van der Waals surface area contributed by atoms with E-state index in [-0.39, 0.29) is 6.10 Å². The van der Waals surface area contributed by atoms with Gasteiger partial charge in [-0.05, 0) is 27.6 Å². The molecule has 1 aromatic carbocycles. The molecule has 0 fully saturated rings. The maximum absolute atomic E-state index is 5.76. The van der Waals surface area contributed by atoms with Gasteiger partial charge in [-0.1, -0.05) is 30.3 Å². The van der Waals surface area contributed by atoms with Crippen LogP contribution in [-0.2, 0) is 11.3 Å². The number of hydrogen-bond donors (Lipinski definition) is 0. The summed E-state index contributed by atoms with van der Waals surface area (Å²) in [5.74, 6) is 1.17. The molecular weight excluding hydrogens is 322 g/mol. The average molecular weight is 336 g/mol. The van der Waals surface area contributed by atoms with E-state index in [4.69, 9.17) is 14.2 Å². The molecule has 20 heavy (non-hydrogen) atoms. The molecule has 2 aromatic rings. The summed E-state index contributed by atoms with van der Waals surface area (Å²) in [5, 5.41) is 0. The number of hydrogen-bond acceptors (Lipinski definition) is 4. The first-order chi connectivity index (χ1) is 9.83. The van der Waals surface area contributed by atoms with Crippen molar-refractivity contribution >= 4 is 15.9 Å². The summed E-state index contributed by atoms with van der Waals surface area (Å²) in [6.45, 7) is 1.51. The predicted octanol–water partition coefficient (Wildman–Crippen LogP) is 3.20. The second-order valence-electron chi connectivity index (χ2n) is 4.48. The van der Waals surface area contributed by atoms with Gasteiger partial charge in [-0.25, -0.2) is 4.98 Å². The van der Waals surface area contributed by atoms with E-state index in [1.807, 2.05) is 36.4 Å². The van der Waals surface area contributed by atoms with Crippen molar-refractivity contribution in [3.05, 3.63) is 52.6 Å². The lowest BCUT2D eigenvalue weighted by Gasteiger charge is -2.25. The van der Waals surface area contributed by atoms with E-state index in [0.29, 0.717) is 31.5 Å². The maximum atomic E-state index is 5.76. The van der Waals surface area contributed by atoms with Gasteiger partial charge in [0.15, 0.2) is 11.9 Å². The van der Waals surface area contributed by atoms with Crippen molar-refractivity contribution in [3.63, 3.8) is 0 Å². The van der Waals surface area contributed by atoms with Gasteiger partial charge in [0.1, 0.15) is 6.61 Å². The molecule has 1 aliphatic rings. The third-order valence-corrected chi connectivity index (χ3v) is 3.56. The van der Waals surface area contributed by atoms with E-state index in [2.05, 4.69) is 20.9 Å². The standard InChI is InChI=1S/C15H14BrNO3/c16-13-6-7-17-15-14(13)19-10-12(20-15)9-18-8-11-4-2-1-3-5-11/h1-7,12H,8-10H2. The van der Waals surface area contributed by atoms with Crippen molar-refractivity contribution < 1.29 is 14.2 Å². The first-order valence-corrected chi connectivity index (χ1v) is 7.18. The molecule has 104 valence electrons. The van der Waals surface area contributed by atoms with E-state index in [9.17, 15) is 0 Å². The van der Waals surface area contributed by atoms with Crippen molar-refractivity contribution in [1.29, 1.82) is 0 Å². The maximum Gasteiger partial charge on any atom is 0.258 e. The Bertz CT molecular complexity index is 577. The molecule has 1 aromatic heterocycles. The van der Waals surface area contributed by atoms with Crippen LogP contribution in [0.25, 0.3) is 0 Å². The zero-order valence-corrected chi connectivity index (χ0v) is 12.4. The van der Waals surface area contributed by atoms with Crippen LogP contribution in [0.2, 0.25) is 0 Å². The van der Waals surface area contributed by atoms with Crippen LogP contribution < -0.4 is 9.47 Å². The van der Waals surface area contributed by atoms with Gasteiger partial charge in [0.05, 0.1) is 17.7 Å². The molecule has 1 atom stereocenters. The summed E-state index contributed by atoms with van der Waals surface area (Å²) in [7, 11) is 0. The quantitative estimate of drug-likeness (QED) is 0.860. The second-order valence-corrected chi connectivity index (χ2v) is 5.33. The lowest BCUT2D eigenvalue weighted by atomic mass is 10.2. The van der Waals surface area contributed by atoms with E-state index in [0.717, 1.165) is 10.0 Å². The number of ether oxygens (including phenoxy) is 3. The largest absolute Gasteiger partial charge is 0.483 e. The molecular formula is C15H14BrNO3. The van der Waals surface area contributed by atoms with Gasteiger partial charge in [0, 0.05) is 6.20 Å². The Morgan fingerprint density at radius 3 is 2.95 bits per heavy atom. The Balaban J connectivity index is 1.53. The highest BCUT2D eigenvalue weighted by molar-refractivity contribution is 9.10. The summed E-state index contributed by atoms with van der Waals surface area (Å²) < 4.78 is 17.9. The minimum atomic E-state index is -0.131. The highest BCUT2D eigenvalue weighted by atomic mass is 79.9. The third-order valence-electron chi connectivity index (χ3n) is 2.93. The first-order valence-electron chi connectivity index (χ1n) is 6.38. The Morgan fingerprint density at radius 2 is 2.10 bits per heavy atom. The lowest BCUT2D eigenvalue weighted by Crippen LogP contribution is -2.33. The topological polar surface area (TPSA) is 40.6 Å². The molecule has 0 aliphatic carbocycles. The fraction of sp³-hybridized carbons (Fsp3) is 0.267. The van der Waals surface area contributed by atoms with Gasteiger partial charge in [0.2, 0.25) is 0 Å². The summed E-state index contributed by atoms with van der Waals surface area (Å²) >= 11 is 3.41. The normalized spacial score (nSPS) is 16.9. The van der Waals surface area contributed by atoms with Crippen molar-refractivity contribution in [2.75, 3.05) is 13.2 Å². The molecule has 0 N–H and O–H groups in total. The number of aromatic nitrogens is 1. The Labute approximate surface area is 125 Å². The van der Waals surface area contributed by atoms with Crippen molar-refractivity contribution in [3.8, 4) is 11.6 Å². The molecule has 4 nitrogen and oxygen atoms in total. The fourth-order valence-corrected chi connectivity index (χ4v) is 2.36. The molecule has 0 saturated heterocycles. The van der Waals surface area contributed by atoms with Crippen LogP contribution in [0.5, 0.6) is 11.6 Å². The van der Waals surface area contributed by atoms with Gasteiger partial charge < -0.3 is 14.2 Å². The van der Waals surface area contributed by atoms with Crippen LogP contribution in [0.4, 0.5) is 0 Å². The fourth-order valence-electron chi connectivity index (χ4n) is 1.95. The van der Waals surface area contributed by atoms with Crippen LogP contribution in [0.15, 0.2) is 47.1 Å². The minimum Gasteiger partial charge on any atom is -0.483 e. The summed E-state index contributed by atoms with van der Waals surface area (Å²) in [5.41, 5.74) is 1.14. The predicted molar refractivity (Wildman–Crippen MR) is 77.9 cm³/mol. The van der Waals surface area contributed by atoms with Crippen molar-refractivity contribution in [2.24, 2.45) is 0 Å². The van der Waals surface area contributed by atoms with Gasteiger partial charge >= 0.3 is 0 Å². The molecule has 1 unspecified atom stereocenters. The molecule has 0 saturated carbocycles. The highest BCUT2D eigenvalue weighted by Gasteiger charge is 2.24. The molecule has 0 bridgehead atoms. The molecule has 0 amide bonds. The summed E-state index contributed by atoms with van der Waals surface area (Å²) in [6.07, 6.45) is 1.55. The summed E-state index contributed by atoms with van der Waals surface area (Å²) in [6, 6.07) is 11.9. The SMILES string of the molecule is Brc1ccnc2c1OCC(COCc1ccccc1)O2. The number of nitrogens with zero attached hydrogens (tertiary/aromatic N) is 1. The van der Waals surface area contributed by atoms with Gasteiger partial charge in [-0.3, -0.25) is 0 Å². The van der Waals surface area contributed by atoms with Crippen LogP contribution in [0.1, 0.15) is 5.56 Å². The molecule has 5 heteroatoms. The van der Waals surface area contributed by atoms with E-state index in [1.54, 1.807) is 6.20 Å². The van der Waals surface area contributed by atoms with Gasteiger partial charge in [0.25, 0.3) is 5.88 Å².